The zero-order valence-corrected chi connectivity index (χ0v) is 9.96. The van der Waals surface area contributed by atoms with Gasteiger partial charge in [0.1, 0.15) is 5.41 Å². The van der Waals surface area contributed by atoms with Gasteiger partial charge in [0.15, 0.2) is 5.79 Å². The minimum atomic E-state index is -0.751. The van der Waals surface area contributed by atoms with Gasteiger partial charge < -0.3 is 15.2 Å². The molecule has 16 heavy (non-hydrogen) atoms. The van der Waals surface area contributed by atoms with Gasteiger partial charge in [-0.1, -0.05) is 26.2 Å². The third-order valence-electron chi connectivity index (χ3n) is 4.13. The summed E-state index contributed by atoms with van der Waals surface area (Å²) >= 11 is 0. The van der Waals surface area contributed by atoms with Gasteiger partial charge in [0.25, 0.3) is 0 Å². The molecular formula is C12H21NO3. The topological polar surface area (TPSA) is 61.6 Å². The minimum absolute atomic E-state index is 0.254. The zero-order chi connectivity index (χ0) is 11.6. The maximum Gasteiger partial charge on any atom is 0.229 e. The largest absolute Gasteiger partial charge is 0.369 e. The van der Waals surface area contributed by atoms with Gasteiger partial charge in [-0.2, -0.15) is 0 Å². The highest BCUT2D eigenvalue weighted by molar-refractivity contribution is 5.82. The van der Waals surface area contributed by atoms with E-state index in [0.717, 1.165) is 25.7 Å². The average molecular weight is 227 g/mol. The number of rotatable bonds is 3. The standard InChI is InChI=1S/C12H21NO3/c1-2-12(15-8-9-16-12)11(10(13)14)6-4-3-5-7-11/h2-9H2,1H3,(H2,13,14). The summed E-state index contributed by atoms with van der Waals surface area (Å²) in [6, 6.07) is 0. The van der Waals surface area contributed by atoms with Crippen LogP contribution in [0.2, 0.25) is 0 Å². The van der Waals surface area contributed by atoms with Crippen LogP contribution in [-0.4, -0.2) is 24.9 Å². The molecule has 0 aromatic heterocycles. The SMILES string of the molecule is CCC1(C2(C(N)=O)CCCCC2)OCCO1. The molecule has 1 amide bonds. The van der Waals surface area contributed by atoms with Crippen LogP contribution in [0.3, 0.4) is 0 Å². The number of carbonyl (C=O) groups is 1. The number of carbonyl (C=O) groups excluding carboxylic acids is 1. The van der Waals surface area contributed by atoms with Crippen molar-refractivity contribution < 1.29 is 14.3 Å². The first-order valence-corrected chi connectivity index (χ1v) is 6.25. The summed E-state index contributed by atoms with van der Waals surface area (Å²) < 4.78 is 11.5. The lowest BCUT2D eigenvalue weighted by Gasteiger charge is -2.46. The van der Waals surface area contributed by atoms with Crippen LogP contribution in [-0.2, 0) is 14.3 Å². The Morgan fingerprint density at radius 2 is 1.75 bits per heavy atom. The second-order valence-corrected chi connectivity index (χ2v) is 4.81. The second-order valence-electron chi connectivity index (χ2n) is 4.81. The molecule has 2 fully saturated rings. The van der Waals surface area contributed by atoms with Crippen LogP contribution in [0, 0.1) is 5.41 Å². The average Bonchev–Trinajstić information content (AvgIpc) is 2.80. The third-order valence-corrected chi connectivity index (χ3v) is 4.13. The molecule has 92 valence electrons. The molecule has 4 nitrogen and oxygen atoms in total. The Balaban J connectivity index is 2.32. The van der Waals surface area contributed by atoms with Crippen molar-refractivity contribution in [2.24, 2.45) is 11.1 Å². The first-order chi connectivity index (χ1) is 7.67. The van der Waals surface area contributed by atoms with Crippen molar-refractivity contribution in [2.75, 3.05) is 13.2 Å². The molecule has 1 heterocycles. The maximum absolute atomic E-state index is 11.9. The third kappa shape index (κ3) is 1.55. The molecule has 1 saturated carbocycles. The summed E-state index contributed by atoms with van der Waals surface area (Å²) in [6.45, 7) is 3.15. The molecule has 2 aliphatic rings. The van der Waals surface area contributed by atoms with Crippen LogP contribution >= 0.6 is 0 Å². The van der Waals surface area contributed by atoms with E-state index >= 15 is 0 Å². The van der Waals surface area contributed by atoms with Crippen molar-refractivity contribution in [2.45, 2.75) is 51.2 Å². The predicted octanol–water partition coefficient (Wildman–Crippen LogP) is 1.58. The molecule has 0 aromatic rings. The molecule has 1 aliphatic carbocycles. The Bertz CT molecular complexity index is 265. The molecule has 2 rings (SSSR count). The van der Waals surface area contributed by atoms with Gasteiger partial charge in [0, 0.05) is 0 Å². The van der Waals surface area contributed by atoms with Gasteiger partial charge in [-0.15, -0.1) is 0 Å². The van der Waals surface area contributed by atoms with Gasteiger partial charge in [-0.05, 0) is 19.3 Å². The van der Waals surface area contributed by atoms with E-state index in [9.17, 15) is 4.79 Å². The monoisotopic (exact) mass is 227 g/mol. The summed E-state index contributed by atoms with van der Waals surface area (Å²) in [5.74, 6) is -1.00. The summed E-state index contributed by atoms with van der Waals surface area (Å²) in [6.07, 6.45) is 5.55. The quantitative estimate of drug-likeness (QED) is 0.796. The van der Waals surface area contributed by atoms with Crippen LogP contribution in [0.1, 0.15) is 45.4 Å². The van der Waals surface area contributed by atoms with E-state index in [1.165, 1.54) is 6.42 Å². The van der Waals surface area contributed by atoms with E-state index in [0.29, 0.717) is 19.6 Å². The number of amides is 1. The molecule has 0 radical (unpaired) electrons. The van der Waals surface area contributed by atoms with Crippen molar-refractivity contribution in [1.29, 1.82) is 0 Å². The Morgan fingerprint density at radius 3 is 2.19 bits per heavy atom. The van der Waals surface area contributed by atoms with Crippen molar-refractivity contribution in [3.05, 3.63) is 0 Å². The number of hydrogen-bond acceptors (Lipinski definition) is 3. The van der Waals surface area contributed by atoms with Gasteiger partial charge in [-0.25, -0.2) is 0 Å². The molecule has 1 aliphatic heterocycles. The molecule has 0 bridgehead atoms. The van der Waals surface area contributed by atoms with Crippen molar-refractivity contribution in [3.63, 3.8) is 0 Å². The van der Waals surface area contributed by atoms with Crippen molar-refractivity contribution in [1.82, 2.24) is 0 Å². The highest BCUT2D eigenvalue weighted by atomic mass is 16.7. The normalized spacial score (nSPS) is 27.8. The van der Waals surface area contributed by atoms with E-state index in [2.05, 4.69) is 0 Å². The molecule has 0 aromatic carbocycles. The number of primary amides is 1. The van der Waals surface area contributed by atoms with Crippen molar-refractivity contribution in [3.8, 4) is 0 Å². The van der Waals surface area contributed by atoms with Gasteiger partial charge in [0.2, 0.25) is 5.91 Å². The van der Waals surface area contributed by atoms with E-state index < -0.39 is 11.2 Å². The van der Waals surface area contributed by atoms with Crippen LogP contribution in [0.5, 0.6) is 0 Å². The second kappa shape index (κ2) is 4.34. The lowest BCUT2D eigenvalue weighted by Crippen LogP contribution is -2.57. The van der Waals surface area contributed by atoms with Crippen LogP contribution in [0.4, 0.5) is 0 Å². The summed E-state index contributed by atoms with van der Waals surface area (Å²) in [5.41, 5.74) is 5.04. The molecule has 0 unspecified atom stereocenters. The van der Waals surface area contributed by atoms with Crippen LogP contribution in [0.15, 0.2) is 0 Å². The van der Waals surface area contributed by atoms with Crippen molar-refractivity contribution >= 4 is 5.91 Å². The zero-order valence-electron chi connectivity index (χ0n) is 9.96. The molecule has 1 saturated heterocycles. The van der Waals surface area contributed by atoms with Gasteiger partial charge >= 0.3 is 0 Å². The highest BCUT2D eigenvalue weighted by Gasteiger charge is 2.58. The summed E-state index contributed by atoms with van der Waals surface area (Å²) in [4.78, 5) is 11.9. The van der Waals surface area contributed by atoms with Gasteiger partial charge in [-0.3, -0.25) is 4.79 Å². The van der Waals surface area contributed by atoms with Crippen LogP contribution in [0.25, 0.3) is 0 Å². The Kier molecular flexibility index (Phi) is 3.22. The number of nitrogens with two attached hydrogens (primary N) is 1. The number of hydrogen-bond donors (Lipinski definition) is 1. The minimum Gasteiger partial charge on any atom is -0.369 e. The molecule has 0 atom stereocenters. The molecule has 0 spiro atoms. The fourth-order valence-corrected chi connectivity index (χ4v) is 3.24. The lowest BCUT2D eigenvalue weighted by molar-refractivity contribution is -0.242. The summed E-state index contributed by atoms with van der Waals surface area (Å²) in [5, 5.41) is 0. The predicted molar refractivity (Wildman–Crippen MR) is 59.6 cm³/mol. The molecule has 2 N–H and O–H groups in total. The maximum atomic E-state index is 11.9. The Hall–Kier alpha value is -0.610. The highest BCUT2D eigenvalue weighted by Crippen LogP contribution is 2.50. The van der Waals surface area contributed by atoms with E-state index in [1.807, 2.05) is 6.92 Å². The molecule has 4 heteroatoms. The fraction of sp³-hybridized carbons (Fsp3) is 0.917. The number of ether oxygens (including phenoxy) is 2. The Labute approximate surface area is 96.5 Å². The first-order valence-electron chi connectivity index (χ1n) is 6.25. The Morgan fingerprint density at radius 1 is 1.19 bits per heavy atom. The lowest BCUT2D eigenvalue weighted by atomic mass is 9.66. The van der Waals surface area contributed by atoms with Crippen LogP contribution < -0.4 is 5.73 Å². The first kappa shape index (κ1) is 11.9. The van der Waals surface area contributed by atoms with E-state index in [4.69, 9.17) is 15.2 Å². The van der Waals surface area contributed by atoms with E-state index in [1.54, 1.807) is 0 Å². The van der Waals surface area contributed by atoms with Gasteiger partial charge in [0.05, 0.1) is 13.2 Å². The fourth-order valence-electron chi connectivity index (χ4n) is 3.24. The summed E-state index contributed by atoms with van der Waals surface area (Å²) in [7, 11) is 0. The smallest absolute Gasteiger partial charge is 0.229 e. The molecular weight excluding hydrogens is 206 g/mol. The van der Waals surface area contributed by atoms with E-state index in [-0.39, 0.29) is 5.91 Å².